The average Bonchev–Trinajstić information content (AvgIpc) is 2.42. The zero-order chi connectivity index (χ0) is 13.8. The van der Waals surface area contributed by atoms with Crippen molar-refractivity contribution in [3.63, 3.8) is 0 Å². The van der Waals surface area contributed by atoms with Gasteiger partial charge in [-0.3, -0.25) is 0 Å². The summed E-state index contributed by atoms with van der Waals surface area (Å²) in [5, 5.41) is 0.376. The average molecular weight is 279 g/mol. The summed E-state index contributed by atoms with van der Waals surface area (Å²) in [5.41, 5.74) is 2.88. The van der Waals surface area contributed by atoms with Crippen molar-refractivity contribution in [2.75, 3.05) is 0 Å². The zero-order valence-corrected chi connectivity index (χ0v) is 13.3. The van der Waals surface area contributed by atoms with Crippen molar-refractivity contribution in [2.24, 2.45) is 17.8 Å². The quantitative estimate of drug-likeness (QED) is 0.641. The first-order valence-corrected chi connectivity index (χ1v) is 8.25. The molecule has 0 N–H and O–H groups in total. The molecule has 1 aromatic rings. The number of halogens is 1. The molecule has 0 saturated heterocycles. The highest BCUT2D eigenvalue weighted by molar-refractivity contribution is 6.20. The van der Waals surface area contributed by atoms with Gasteiger partial charge in [0.1, 0.15) is 0 Å². The summed E-state index contributed by atoms with van der Waals surface area (Å²) in [6.45, 7) is 6.91. The summed E-state index contributed by atoms with van der Waals surface area (Å²) < 4.78 is 0. The van der Waals surface area contributed by atoms with Gasteiger partial charge < -0.3 is 0 Å². The first-order chi connectivity index (χ1) is 9.10. The van der Waals surface area contributed by atoms with Crippen molar-refractivity contribution in [1.29, 1.82) is 0 Å². The Bertz CT molecular complexity index is 379. The SMILES string of the molecule is CCc1ccc(CC2CC(C(C)C)CCC2Cl)cc1. The Morgan fingerprint density at radius 1 is 1.11 bits per heavy atom. The maximum atomic E-state index is 6.56. The molecule has 106 valence electrons. The predicted molar refractivity (Wildman–Crippen MR) is 84.8 cm³/mol. The third-order valence-electron chi connectivity index (χ3n) is 4.80. The maximum Gasteiger partial charge on any atom is 0.0367 e. The molecule has 2 rings (SSSR count). The Morgan fingerprint density at radius 2 is 1.74 bits per heavy atom. The Balaban J connectivity index is 1.99. The topological polar surface area (TPSA) is 0 Å². The van der Waals surface area contributed by atoms with Gasteiger partial charge in [0.15, 0.2) is 0 Å². The number of alkyl halides is 1. The lowest BCUT2D eigenvalue weighted by molar-refractivity contribution is 0.218. The van der Waals surface area contributed by atoms with Gasteiger partial charge in [-0.05, 0) is 61.0 Å². The third-order valence-corrected chi connectivity index (χ3v) is 5.38. The molecular weight excluding hydrogens is 252 g/mol. The van der Waals surface area contributed by atoms with Crippen LogP contribution in [-0.4, -0.2) is 5.38 Å². The second-order valence-electron chi connectivity index (χ2n) is 6.47. The molecule has 0 aromatic heterocycles. The molecule has 1 aliphatic rings. The summed E-state index contributed by atoms with van der Waals surface area (Å²) in [6, 6.07) is 9.12. The summed E-state index contributed by atoms with van der Waals surface area (Å²) >= 11 is 6.56. The minimum Gasteiger partial charge on any atom is -0.123 e. The highest BCUT2D eigenvalue weighted by atomic mass is 35.5. The Hall–Kier alpha value is -0.490. The van der Waals surface area contributed by atoms with E-state index in [1.54, 1.807) is 0 Å². The summed E-state index contributed by atoms with van der Waals surface area (Å²) in [7, 11) is 0. The van der Waals surface area contributed by atoms with Gasteiger partial charge >= 0.3 is 0 Å². The molecule has 3 atom stereocenters. The van der Waals surface area contributed by atoms with Crippen LogP contribution in [0.2, 0.25) is 0 Å². The molecule has 0 nitrogen and oxygen atoms in total. The molecule has 19 heavy (non-hydrogen) atoms. The molecule has 1 saturated carbocycles. The van der Waals surface area contributed by atoms with E-state index >= 15 is 0 Å². The van der Waals surface area contributed by atoms with Crippen LogP contribution in [-0.2, 0) is 12.8 Å². The second kappa shape index (κ2) is 6.79. The van der Waals surface area contributed by atoms with E-state index in [1.165, 1.54) is 30.4 Å². The lowest BCUT2D eigenvalue weighted by Crippen LogP contribution is -2.29. The molecule has 0 spiro atoms. The second-order valence-corrected chi connectivity index (χ2v) is 7.03. The Kier molecular flexibility index (Phi) is 5.33. The Morgan fingerprint density at radius 3 is 2.32 bits per heavy atom. The van der Waals surface area contributed by atoms with Crippen molar-refractivity contribution in [3.8, 4) is 0 Å². The van der Waals surface area contributed by atoms with E-state index in [4.69, 9.17) is 11.6 Å². The zero-order valence-electron chi connectivity index (χ0n) is 12.5. The van der Waals surface area contributed by atoms with E-state index in [-0.39, 0.29) is 0 Å². The fraction of sp³-hybridized carbons (Fsp3) is 0.667. The van der Waals surface area contributed by atoms with E-state index < -0.39 is 0 Å². The number of rotatable bonds is 4. The van der Waals surface area contributed by atoms with Gasteiger partial charge in [0.2, 0.25) is 0 Å². The van der Waals surface area contributed by atoms with Crippen LogP contribution in [0.15, 0.2) is 24.3 Å². The molecule has 1 aromatic carbocycles. The fourth-order valence-corrected chi connectivity index (χ4v) is 3.61. The maximum absolute atomic E-state index is 6.56. The van der Waals surface area contributed by atoms with Crippen molar-refractivity contribution >= 4 is 11.6 Å². The lowest BCUT2D eigenvalue weighted by Gasteiger charge is -2.35. The molecule has 3 unspecified atom stereocenters. The molecule has 0 bridgehead atoms. The van der Waals surface area contributed by atoms with Crippen LogP contribution in [0.5, 0.6) is 0 Å². The number of aryl methyl sites for hydroxylation is 1. The van der Waals surface area contributed by atoms with E-state index in [1.807, 2.05) is 0 Å². The van der Waals surface area contributed by atoms with Crippen molar-refractivity contribution in [2.45, 2.75) is 58.3 Å². The molecule has 1 heteroatoms. The minimum atomic E-state index is 0.376. The van der Waals surface area contributed by atoms with Crippen LogP contribution >= 0.6 is 11.6 Å². The Labute approximate surface area is 123 Å². The van der Waals surface area contributed by atoms with Gasteiger partial charge in [-0.1, -0.05) is 45.0 Å². The van der Waals surface area contributed by atoms with E-state index in [9.17, 15) is 0 Å². The standard InChI is InChI=1S/C18H27Cl/c1-4-14-5-7-15(8-6-14)11-17-12-16(13(2)3)9-10-18(17)19/h5-8,13,16-18H,4,9-12H2,1-3H3. The molecule has 1 aliphatic carbocycles. The molecule has 1 fully saturated rings. The van der Waals surface area contributed by atoms with Gasteiger partial charge in [0.25, 0.3) is 0 Å². The smallest absolute Gasteiger partial charge is 0.0367 e. The summed E-state index contributed by atoms with van der Waals surface area (Å²) in [4.78, 5) is 0. The molecule has 0 heterocycles. The van der Waals surface area contributed by atoms with Gasteiger partial charge in [0.05, 0.1) is 0 Å². The van der Waals surface area contributed by atoms with E-state index in [0.717, 1.165) is 24.7 Å². The van der Waals surface area contributed by atoms with E-state index in [0.29, 0.717) is 11.3 Å². The van der Waals surface area contributed by atoms with Crippen molar-refractivity contribution in [3.05, 3.63) is 35.4 Å². The first kappa shape index (κ1) is 14.9. The summed E-state index contributed by atoms with van der Waals surface area (Å²) in [5.74, 6) is 2.33. The highest BCUT2D eigenvalue weighted by Crippen LogP contribution is 2.38. The van der Waals surface area contributed by atoms with Crippen LogP contribution in [0.25, 0.3) is 0 Å². The summed E-state index contributed by atoms with van der Waals surface area (Å²) in [6.07, 6.45) is 6.10. The molecular formula is C18H27Cl. The minimum absolute atomic E-state index is 0.376. The molecule has 0 aliphatic heterocycles. The normalized spacial score (nSPS) is 27.7. The number of hydrogen-bond donors (Lipinski definition) is 0. The fourth-order valence-electron chi connectivity index (χ4n) is 3.29. The van der Waals surface area contributed by atoms with Gasteiger partial charge in [-0.15, -0.1) is 11.6 Å². The van der Waals surface area contributed by atoms with Crippen molar-refractivity contribution < 1.29 is 0 Å². The monoisotopic (exact) mass is 278 g/mol. The van der Waals surface area contributed by atoms with Crippen LogP contribution in [0, 0.1) is 17.8 Å². The third kappa shape index (κ3) is 3.99. The first-order valence-electron chi connectivity index (χ1n) is 7.82. The number of benzene rings is 1. The largest absolute Gasteiger partial charge is 0.123 e. The predicted octanol–water partition coefficient (Wildman–Crippen LogP) is 5.47. The lowest BCUT2D eigenvalue weighted by atomic mass is 9.74. The number of hydrogen-bond acceptors (Lipinski definition) is 0. The van der Waals surface area contributed by atoms with Gasteiger partial charge in [0, 0.05) is 5.38 Å². The van der Waals surface area contributed by atoms with Gasteiger partial charge in [-0.25, -0.2) is 0 Å². The van der Waals surface area contributed by atoms with Crippen LogP contribution in [0.4, 0.5) is 0 Å². The van der Waals surface area contributed by atoms with Crippen LogP contribution in [0.1, 0.15) is 51.2 Å². The van der Waals surface area contributed by atoms with Crippen molar-refractivity contribution in [1.82, 2.24) is 0 Å². The van der Waals surface area contributed by atoms with E-state index in [2.05, 4.69) is 45.0 Å². The van der Waals surface area contributed by atoms with Crippen LogP contribution in [0.3, 0.4) is 0 Å². The van der Waals surface area contributed by atoms with Crippen LogP contribution < -0.4 is 0 Å². The highest BCUT2D eigenvalue weighted by Gasteiger charge is 2.30. The molecule has 0 radical (unpaired) electrons. The molecule has 0 amide bonds. The van der Waals surface area contributed by atoms with Gasteiger partial charge in [-0.2, -0.15) is 0 Å².